The van der Waals surface area contributed by atoms with Gasteiger partial charge in [-0.1, -0.05) is 12.8 Å². The topological polar surface area (TPSA) is 174 Å². The number of hydrogen-bond donors (Lipinski definition) is 3. The maximum Gasteiger partial charge on any atom is 0.270 e. The fraction of sp³-hybridized carbons (Fsp3) is 0.459. The highest BCUT2D eigenvalue weighted by Crippen LogP contribution is 2.35. The Morgan fingerprint density at radius 2 is 1.58 bits per heavy atom. The minimum atomic E-state index is -0.731. The van der Waals surface area contributed by atoms with Gasteiger partial charge >= 0.3 is 0 Å². The molecular weight excluding hydrogens is 676 g/mol. The van der Waals surface area contributed by atoms with Crippen LogP contribution in [-0.2, 0) is 9.59 Å². The molecule has 0 radical (unpaired) electrons. The third-order valence-electron chi connectivity index (χ3n) is 10.8. The van der Waals surface area contributed by atoms with Crippen molar-refractivity contribution in [3.05, 3.63) is 60.3 Å². The first-order valence-corrected chi connectivity index (χ1v) is 18.4. The summed E-state index contributed by atoms with van der Waals surface area (Å²) in [6.07, 6.45) is 10.2. The molecule has 53 heavy (non-hydrogen) atoms. The first kappa shape index (κ1) is 34.4. The van der Waals surface area contributed by atoms with E-state index in [1.54, 1.807) is 37.5 Å². The quantitative estimate of drug-likeness (QED) is 0.216. The van der Waals surface area contributed by atoms with Gasteiger partial charge in [0.15, 0.2) is 0 Å². The maximum atomic E-state index is 13.0. The Balaban J connectivity index is 0.824. The van der Waals surface area contributed by atoms with Gasteiger partial charge in [-0.15, -0.1) is 0 Å². The van der Waals surface area contributed by atoms with Crippen molar-refractivity contribution in [3.8, 4) is 0 Å². The van der Waals surface area contributed by atoms with Crippen molar-refractivity contribution in [2.75, 3.05) is 68.5 Å². The van der Waals surface area contributed by atoms with Gasteiger partial charge in [-0.3, -0.25) is 29.4 Å². The van der Waals surface area contributed by atoms with Crippen LogP contribution in [0.4, 0.5) is 23.1 Å². The molecule has 4 fully saturated rings. The summed E-state index contributed by atoms with van der Waals surface area (Å²) in [5.41, 5.74) is 3.68. The summed E-state index contributed by atoms with van der Waals surface area (Å²) in [4.78, 5) is 76.2. The van der Waals surface area contributed by atoms with Crippen LogP contribution in [-0.4, -0.2) is 123 Å². The van der Waals surface area contributed by atoms with Crippen LogP contribution >= 0.6 is 0 Å². The van der Waals surface area contributed by atoms with E-state index >= 15 is 0 Å². The van der Waals surface area contributed by atoms with E-state index in [0.717, 1.165) is 87.4 Å². The number of hydrogen-bond acceptors (Lipinski definition) is 12. The number of aromatic nitrogens is 5. The lowest BCUT2D eigenvalue weighted by atomic mass is 10.0. The van der Waals surface area contributed by atoms with Gasteiger partial charge in [0.2, 0.25) is 17.8 Å². The summed E-state index contributed by atoms with van der Waals surface area (Å²) in [5.74, 6) is -0.168. The number of carbonyl (C=O) groups is 4. The Morgan fingerprint density at radius 1 is 0.849 bits per heavy atom. The second-order valence-corrected chi connectivity index (χ2v) is 14.5. The molecule has 4 aromatic rings. The summed E-state index contributed by atoms with van der Waals surface area (Å²) in [6, 6.07) is 9.45. The van der Waals surface area contributed by atoms with E-state index in [1.807, 2.05) is 24.4 Å². The molecule has 1 aliphatic carbocycles. The molecule has 16 nitrogen and oxygen atoms in total. The number of piperidine rings is 1. The van der Waals surface area contributed by atoms with Crippen LogP contribution in [0.25, 0.3) is 11.0 Å². The average molecular weight is 721 g/mol. The monoisotopic (exact) mass is 720 g/mol. The minimum Gasteiger partial charge on any atom is -0.368 e. The Labute approximate surface area is 307 Å². The van der Waals surface area contributed by atoms with Crippen LogP contribution in [0.1, 0.15) is 65.5 Å². The fourth-order valence-electron chi connectivity index (χ4n) is 7.77. The van der Waals surface area contributed by atoms with Gasteiger partial charge in [0, 0.05) is 83.5 Å². The average Bonchev–Trinajstić information content (AvgIpc) is 3.81. The minimum absolute atomic E-state index is 0.0313. The lowest BCUT2D eigenvalue weighted by Crippen LogP contribution is -2.63. The van der Waals surface area contributed by atoms with Gasteiger partial charge in [0.05, 0.1) is 23.8 Å². The second-order valence-electron chi connectivity index (χ2n) is 14.5. The summed E-state index contributed by atoms with van der Waals surface area (Å²) in [5, 5.41) is 9.04. The molecule has 1 atom stereocenters. The number of pyridine rings is 2. The van der Waals surface area contributed by atoms with E-state index in [2.05, 4.69) is 56.2 Å². The van der Waals surface area contributed by atoms with Crippen LogP contribution < -0.4 is 25.8 Å². The smallest absolute Gasteiger partial charge is 0.270 e. The molecule has 16 heteroatoms. The van der Waals surface area contributed by atoms with Gasteiger partial charge < -0.3 is 29.9 Å². The first-order chi connectivity index (χ1) is 25.7. The van der Waals surface area contributed by atoms with Crippen molar-refractivity contribution >= 4 is 57.8 Å². The lowest BCUT2D eigenvalue weighted by Gasteiger charge is -2.49. The van der Waals surface area contributed by atoms with Gasteiger partial charge in [0.25, 0.3) is 11.8 Å². The van der Waals surface area contributed by atoms with E-state index in [0.29, 0.717) is 23.5 Å². The summed E-state index contributed by atoms with van der Waals surface area (Å²) in [7, 11) is 3.55. The molecule has 3 saturated heterocycles. The largest absolute Gasteiger partial charge is 0.368 e. The number of nitrogens with zero attached hydrogens (tertiary/aromatic N) is 9. The Bertz CT molecular complexity index is 2010. The van der Waals surface area contributed by atoms with E-state index in [4.69, 9.17) is 4.98 Å². The zero-order chi connectivity index (χ0) is 36.6. The maximum absolute atomic E-state index is 13.0. The van der Waals surface area contributed by atoms with Crippen molar-refractivity contribution in [2.24, 2.45) is 0 Å². The molecule has 4 aromatic heterocycles. The predicted molar refractivity (Wildman–Crippen MR) is 198 cm³/mol. The van der Waals surface area contributed by atoms with Crippen LogP contribution in [0.15, 0.2) is 48.9 Å². The summed E-state index contributed by atoms with van der Waals surface area (Å²) in [6.45, 7) is 5.47. The number of amides is 4. The third-order valence-corrected chi connectivity index (χ3v) is 10.8. The van der Waals surface area contributed by atoms with Crippen molar-refractivity contribution in [3.63, 3.8) is 0 Å². The zero-order valence-corrected chi connectivity index (χ0v) is 30.0. The SMILES string of the molecule is CN(C)C(=O)c1cc2cnc(Nc3ccc(N4CCN(C5CN(c6ccc(C(=O)N[C@H]7CCC(=O)NC7=O)nc6)C5)CC4)cn3)nc2n1C1CCCC1. The number of fused-ring (bicyclic) bond motifs is 1. The second kappa shape index (κ2) is 14.4. The van der Waals surface area contributed by atoms with Gasteiger partial charge in [-0.25, -0.2) is 15.0 Å². The molecule has 4 aliphatic rings. The number of nitrogens with one attached hydrogen (secondary N) is 3. The molecule has 276 valence electrons. The number of carbonyl (C=O) groups excluding carboxylic acids is 4. The fourth-order valence-corrected chi connectivity index (χ4v) is 7.77. The molecule has 8 rings (SSSR count). The van der Waals surface area contributed by atoms with Crippen LogP contribution in [0, 0.1) is 0 Å². The Morgan fingerprint density at radius 3 is 2.26 bits per heavy atom. The van der Waals surface area contributed by atoms with Crippen molar-refractivity contribution in [2.45, 2.75) is 56.7 Å². The highest BCUT2D eigenvalue weighted by Gasteiger charge is 2.34. The summed E-state index contributed by atoms with van der Waals surface area (Å²) >= 11 is 0. The lowest BCUT2D eigenvalue weighted by molar-refractivity contribution is -0.134. The van der Waals surface area contributed by atoms with Crippen molar-refractivity contribution in [1.82, 2.24) is 44.9 Å². The normalized spacial score (nSPS) is 20.0. The molecule has 3 aliphatic heterocycles. The molecule has 3 N–H and O–H groups in total. The molecule has 0 aromatic carbocycles. The molecule has 7 heterocycles. The highest BCUT2D eigenvalue weighted by molar-refractivity contribution is 6.03. The molecule has 0 bridgehead atoms. The van der Waals surface area contributed by atoms with E-state index in [9.17, 15) is 19.2 Å². The third kappa shape index (κ3) is 7.10. The molecule has 0 spiro atoms. The molecular formula is C37H44N12O4. The van der Waals surface area contributed by atoms with Gasteiger partial charge in [0.1, 0.15) is 28.9 Å². The van der Waals surface area contributed by atoms with Gasteiger partial charge in [-0.2, -0.15) is 4.98 Å². The number of anilines is 4. The molecule has 4 amide bonds. The number of imide groups is 1. The van der Waals surface area contributed by atoms with Crippen molar-refractivity contribution in [1.29, 1.82) is 0 Å². The number of piperazine rings is 1. The number of rotatable bonds is 9. The van der Waals surface area contributed by atoms with Crippen LogP contribution in [0.5, 0.6) is 0 Å². The Hall–Kier alpha value is -5.64. The van der Waals surface area contributed by atoms with E-state index < -0.39 is 17.9 Å². The zero-order valence-electron chi connectivity index (χ0n) is 30.0. The summed E-state index contributed by atoms with van der Waals surface area (Å²) < 4.78 is 2.11. The molecule has 0 unspecified atom stereocenters. The predicted octanol–water partition coefficient (Wildman–Crippen LogP) is 2.33. The standard InChI is InChI=1S/C37H44N12O4/c1-45(2)36(53)30-17-23-18-40-37(44-33(23)49(30)24-5-3-4-6-24)42-31-11-8-25(20-39-31)46-13-15-47(16-14-46)27-21-48(22-27)26-7-9-28(38-19-26)34(51)41-29-10-12-32(50)43-35(29)52/h7-9,11,17-20,24,27,29H,3-6,10,12-16,21-22H2,1-2H3,(H,41,51)(H,43,50,52)(H,39,40,42,44)/t29-/m0/s1. The first-order valence-electron chi connectivity index (χ1n) is 18.4. The highest BCUT2D eigenvalue weighted by atomic mass is 16.2. The molecule has 1 saturated carbocycles. The van der Waals surface area contributed by atoms with E-state index in [1.165, 1.54) is 0 Å². The van der Waals surface area contributed by atoms with E-state index in [-0.39, 0.29) is 36.4 Å². The van der Waals surface area contributed by atoms with Crippen molar-refractivity contribution < 1.29 is 19.2 Å². The van der Waals surface area contributed by atoms with Crippen LogP contribution in [0.3, 0.4) is 0 Å². The Kier molecular flexibility index (Phi) is 9.37. The van der Waals surface area contributed by atoms with Gasteiger partial charge in [-0.05, 0) is 49.6 Å². The van der Waals surface area contributed by atoms with Crippen LogP contribution in [0.2, 0.25) is 0 Å².